The number of ether oxygens (including phenoxy) is 2. The highest BCUT2D eigenvalue weighted by Crippen LogP contribution is 2.31. The average Bonchev–Trinajstić information content (AvgIpc) is 3.39. The van der Waals surface area contributed by atoms with E-state index in [0.717, 1.165) is 68.4 Å². The smallest absolute Gasteiger partial charge is 0.223 e. The largest absolute Gasteiger partial charge is 0.493 e. The van der Waals surface area contributed by atoms with E-state index in [1.165, 1.54) is 18.5 Å². The van der Waals surface area contributed by atoms with Gasteiger partial charge in [0.05, 0.1) is 19.2 Å². The summed E-state index contributed by atoms with van der Waals surface area (Å²) in [5.74, 6) is 2.77. The Hall–Kier alpha value is -2.73. The molecule has 2 aliphatic carbocycles. The normalized spacial score (nSPS) is 25.2. The Balaban J connectivity index is 1.09. The van der Waals surface area contributed by atoms with Crippen molar-refractivity contribution in [1.82, 2.24) is 5.32 Å². The molecular formula is C28H37N3O3. The van der Waals surface area contributed by atoms with Gasteiger partial charge in [0.25, 0.3) is 0 Å². The molecule has 2 saturated carbocycles. The van der Waals surface area contributed by atoms with E-state index in [-0.39, 0.29) is 30.0 Å². The molecule has 0 unspecified atom stereocenters. The topological polar surface area (TPSA) is 76.8 Å². The van der Waals surface area contributed by atoms with Gasteiger partial charge < -0.3 is 25.4 Å². The Morgan fingerprint density at radius 1 is 1.03 bits per heavy atom. The zero-order valence-electron chi connectivity index (χ0n) is 20.1. The average molecular weight is 464 g/mol. The lowest BCUT2D eigenvalue weighted by Gasteiger charge is -2.20. The fraction of sp³-hybridized carbons (Fsp3) is 0.536. The van der Waals surface area contributed by atoms with Gasteiger partial charge in [0.15, 0.2) is 0 Å². The minimum absolute atomic E-state index is 0.0310. The van der Waals surface area contributed by atoms with Crippen molar-refractivity contribution in [3.63, 3.8) is 0 Å². The van der Waals surface area contributed by atoms with Crippen molar-refractivity contribution in [2.24, 2.45) is 17.6 Å². The second-order valence-electron chi connectivity index (χ2n) is 10.3. The van der Waals surface area contributed by atoms with Gasteiger partial charge in [0.2, 0.25) is 5.91 Å². The van der Waals surface area contributed by atoms with Gasteiger partial charge in [-0.1, -0.05) is 12.1 Å². The van der Waals surface area contributed by atoms with Crippen LogP contribution in [0.4, 0.5) is 5.69 Å². The SMILES string of the molecule is C[C@H](NC(=O)[C@H]1CC[C@@H](N)C1)c1ccc(O[C@@H]2CCN(c3ccc(OCC4CC4)cc3)C2)cc1. The molecular weight excluding hydrogens is 426 g/mol. The van der Waals surface area contributed by atoms with Gasteiger partial charge in [0.1, 0.15) is 17.6 Å². The van der Waals surface area contributed by atoms with Gasteiger partial charge >= 0.3 is 0 Å². The summed E-state index contributed by atoms with van der Waals surface area (Å²) in [4.78, 5) is 14.9. The quantitative estimate of drug-likeness (QED) is 0.575. The zero-order valence-corrected chi connectivity index (χ0v) is 20.1. The maximum atomic E-state index is 12.5. The summed E-state index contributed by atoms with van der Waals surface area (Å²) >= 11 is 0. The number of carbonyl (C=O) groups excluding carboxylic acids is 1. The molecule has 0 aromatic heterocycles. The molecule has 3 N–H and O–H groups in total. The first-order valence-electron chi connectivity index (χ1n) is 12.8. The van der Waals surface area contributed by atoms with Crippen LogP contribution in [0.2, 0.25) is 0 Å². The van der Waals surface area contributed by atoms with Crippen LogP contribution in [0, 0.1) is 11.8 Å². The van der Waals surface area contributed by atoms with Crippen molar-refractivity contribution >= 4 is 11.6 Å². The summed E-state index contributed by atoms with van der Waals surface area (Å²) in [6, 6.07) is 16.7. The predicted octanol–water partition coefficient (Wildman–Crippen LogP) is 4.44. The van der Waals surface area contributed by atoms with Crippen molar-refractivity contribution in [2.45, 2.75) is 63.6 Å². The van der Waals surface area contributed by atoms with Crippen LogP contribution in [-0.4, -0.2) is 37.7 Å². The maximum Gasteiger partial charge on any atom is 0.223 e. The Morgan fingerprint density at radius 2 is 1.76 bits per heavy atom. The molecule has 1 amide bonds. The van der Waals surface area contributed by atoms with E-state index in [0.29, 0.717) is 0 Å². The minimum Gasteiger partial charge on any atom is -0.493 e. The van der Waals surface area contributed by atoms with Crippen LogP contribution in [0.15, 0.2) is 48.5 Å². The number of benzene rings is 2. The molecule has 0 radical (unpaired) electrons. The van der Waals surface area contributed by atoms with Gasteiger partial charge in [-0.05, 0) is 86.9 Å². The van der Waals surface area contributed by atoms with E-state index >= 15 is 0 Å². The summed E-state index contributed by atoms with van der Waals surface area (Å²) in [5.41, 5.74) is 8.26. The highest BCUT2D eigenvalue weighted by molar-refractivity contribution is 5.79. The number of hydrogen-bond acceptors (Lipinski definition) is 5. The van der Waals surface area contributed by atoms with Crippen LogP contribution in [0.3, 0.4) is 0 Å². The summed E-state index contributed by atoms with van der Waals surface area (Å²) in [6.45, 7) is 4.73. The van der Waals surface area contributed by atoms with Crippen LogP contribution in [-0.2, 0) is 4.79 Å². The van der Waals surface area contributed by atoms with Gasteiger partial charge in [0, 0.05) is 30.6 Å². The monoisotopic (exact) mass is 463 g/mol. The zero-order chi connectivity index (χ0) is 23.5. The van der Waals surface area contributed by atoms with E-state index in [1.807, 2.05) is 31.2 Å². The number of rotatable bonds is 9. The van der Waals surface area contributed by atoms with Crippen LogP contribution in [0.1, 0.15) is 57.1 Å². The number of nitrogens with one attached hydrogen (secondary N) is 1. The summed E-state index contributed by atoms with van der Waals surface area (Å²) in [5, 5.41) is 3.14. The minimum atomic E-state index is -0.0310. The van der Waals surface area contributed by atoms with E-state index in [2.05, 4.69) is 34.5 Å². The summed E-state index contributed by atoms with van der Waals surface area (Å²) < 4.78 is 12.1. The number of nitrogens with two attached hydrogens (primary N) is 1. The van der Waals surface area contributed by atoms with Crippen molar-refractivity contribution in [3.8, 4) is 11.5 Å². The van der Waals surface area contributed by atoms with E-state index in [4.69, 9.17) is 15.2 Å². The molecule has 0 bridgehead atoms. The first-order valence-corrected chi connectivity index (χ1v) is 12.8. The third-order valence-electron chi connectivity index (χ3n) is 7.42. The number of amides is 1. The van der Waals surface area contributed by atoms with Crippen LogP contribution in [0.5, 0.6) is 11.5 Å². The Bertz CT molecular complexity index is 958. The molecule has 2 aromatic carbocycles. The van der Waals surface area contributed by atoms with E-state index < -0.39 is 0 Å². The molecule has 1 aliphatic heterocycles. The predicted molar refractivity (Wildman–Crippen MR) is 134 cm³/mol. The molecule has 1 heterocycles. The fourth-order valence-electron chi connectivity index (χ4n) is 5.01. The first kappa shape index (κ1) is 23.0. The molecule has 0 spiro atoms. The summed E-state index contributed by atoms with van der Waals surface area (Å²) in [6.07, 6.45) is 6.41. The summed E-state index contributed by atoms with van der Waals surface area (Å²) in [7, 11) is 0. The lowest BCUT2D eigenvalue weighted by Crippen LogP contribution is -2.32. The number of anilines is 1. The molecule has 1 saturated heterocycles. The molecule has 6 nitrogen and oxygen atoms in total. The van der Waals surface area contributed by atoms with Gasteiger partial charge in [-0.3, -0.25) is 4.79 Å². The standard InChI is InChI=1S/C28H37N3O3/c1-19(30-28(32)22-4-7-23(29)16-22)21-5-10-26(11-6-21)34-27-14-15-31(17-27)24-8-12-25(13-9-24)33-18-20-2-3-20/h5-6,8-13,19-20,22-23,27H,2-4,7,14-18,29H2,1H3,(H,30,32)/t19-,22-,23+,27+/m0/s1. The molecule has 2 aromatic rings. The van der Waals surface area contributed by atoms with Crippen molar-refractivity contribution in [3.05, 3.63) is 54.1 Å². The highest BCUT2D eigenvalue weighted by atomic mass is 16.5. The van der Waals surface area contributed by atoms with E-state index in [1.54, 1.807) is 0 Å². The Kier molecular flexibility index (Phi) is 6.95. The molecule has 6 heteroatoms. The molecule has 5 rings (SSSR count). The van der Waals surface area contributed by atoms with Crippen molar-refractivity contribution in [2.75, 3.05) is 24.6 Å². The second-order valence-corrected chi connectivity index (χ2v) is 10.3. The molecule has 182 valence electrons. The molecule has 34 heavy (non-hydrogen) atoms. The van der Waals surface area contributed by atoms with Gasteiger partial charge in [-0.25, -0.2) is 0 Å². The Labute approximate surface area is 202 Å². The molecule has 3 fully saturated rings. The Morgan fingerprint density at radius 3 is 2.44 bits per heavy atom. The van der Waals surface area contributed by atoms with Gasteiger partial charge in [-0.15, -0.1) is 0 Å². The third kappa shape index (κ3) is 5.84. The lowest BCUT2D eigenvalue weighted by atomic mass is 10.0. The fourth-order valence-corrected chi connectivity index (χ4v) is 5.01. The number of carbonyl (C=O) groups is 1. The maximum absolute atomic E-state index is 12.5. The first-order chi connectivity index (χ1) is 16.5. The number of nitrogens with zero attached hydrogens (tertiary/aromatic N) is 1. The third-order valence-corrected chi connectivity index (χ3v) is 7.42. The van der Waals surface area contributed by atoms with Gasteiger partial charge in [-0.2, -0.15) is 0 Å². The second kappa shape index (κ2) is 10.3. The number of hydrogen-bond donors (Lipinski definition) is 2. The van der Waals surface area contributed by atoms with Crippen LogP contribution < -0.4 is 25.4 Å². The molecule has 3 aliphatic rings. The van der Waals surface area contributed by atoms with Crippen molar-refractivity contribution in [1.29, 1.82) is 0 Å². The lowest BCUT2D eigenvalue weighted by molar-refractivity contribution is -0.125. The van der Waals surface area contributed by atoms with Crippen LogP contribution in [0.25, 0.3) is 0 Å². The van der Waals surface area contributed by atoms with Crippen molar-refractivity contribution < 1.29 is 14.3 Å². The van der Waals surface area contributed by atoms with E-state index in [9.17, 15) is 4.79 Å². The van der Waals surface area contributed by atoms with Crippen LogP contribution >= 0.6 is 0 Å². The highest BCUT2D eigenvalue weighted by Gasteiger charge is 2.29. The molecule has 4 atom stereocenters.